The van der Waals surface area contributed by atoms with E-state index in [0.717, 1.165) is 11.3 Å². The molecule has 2 atom stereocenters. The molecule has 1 amide bonds. The quantitative estimate of drug-likeness (QED) is 0.771. The lowest BCUT2D eigenvalue weighted by atomic mass is 9.88. The van der Waals surface area contributed by atoms with Crippen molar-refractivity contribution in [2.24, 2.45) is 0 Å². The second-order valence-corrected chi connectivity index (χ2v) is 5.53. The van der Waals surface area contributed by atoms with Crippen LogP contribution in [0.4, 0.5) is 5.69 Å². The molecule has 2 heterocycles. The molecule has 1 aromatic rings. The molecule has 0 bridgehead atoms. The van der Waals surface area contributed by atoms with Gasteiger partial charge in [-0.15, -0.1) is 0 Å². The Labute approximate surface area is 122 Å². The molecule has 1 fully saturated rings. The summed E-state index contributed by atoms with van der Waals surface area (Å²) in [5, 5.41) is 15.4. The summed E-state index contributed by atoms with van der Waals surface area (Å²) in [5.74, 6) is -1.59. The molecule has 0 radical (unpaired) electrons. The Kier molecular flexibility index (Phi) is 3.55. The van der Waals surface area contributed by atoms with Crippen LogP contribution in [0, 0.1) is 0 Å². The van der Waals surface area contributed by atoms with Crippen LogP contribution in [0.25, 0.3) is 0 Å². The minimum atomic E-state index is -1.28. The summed E-state index contributed by atoms with van der Waals surface area (Å²) in [4.78, 5) is 24.0. The van der Waals surface area contributed by atoms with E-state index in [1.165, 1.54) is 0 Å². The van der Waals surface area contributed by atoms with Crippen molar-refractivity contribution >= 4 is 17.6 Å². The van der Waals surface area contributed by atoms with Gasteiger partial charge in [0.2, 0.25) is 5.91 Å². The number of carboxylic acids is 1. The number of carboxylic acid groups (broad SMARTS) is 1. The Balaban J connectivity index is 1.82. The number of nitrogens with one attached hydrogen (secondary N) is 2. The highest BCUT2D eigenvalue weighted by Crippen LogP contribution is 2.32. The van der Waals surface area contributed by atoms with Crippen LogP contribution in [0.5, 0.6) is 0 Å². The summed E-state index contributed by atoms with van der Waals surface area (Å²) in [5.41, 5.74) is 0.577. The van der Waals surface area contributed by atoms with Crippen LogP contribution in [0.2, 0.25) is 0 Å². The first kappa shape index (κ1) is 13.9. The minimum absolute atomic E-state index is 0.0285. The van der Waals surface area contributed by atoms with E-state index < -0.39 is 11.5 Å². The Morgan fingerprint density at radius 1 is 1.38 bits per heavy atom. The van der Waals surface area contributed by atoms with E-state index in [1.54, 1.807) is 0 Å². The van der Waals surface area contributed by atoms with E-state index in [2.05, 4.69) is 10.6 Å². The zero-order chi connectivity index (χ0) is 14.9. The van der Waals surface area contributed by atoms with Crippen molar-refractivity contribution in [3.8, 4) is 0 Å². The second-order valence-electron chi connectivity index (χ2n) is 5.53. The number of ether oxygens (including phenoxy) is 1. The van der Waals surface area contributed by atoms with Crippen molar-refractivity contribution < 1.29 is 19.4 Å². The molecule has 0 aromatic heterocycles. The fourth-order valence-corrected chi connectivity index (χ4v) is 2.95. The first-order valence-corrected chi connectivity index (χ1v) is 7.08. The maximum atomic E-state index is 12.6. The predicted octanol–water partition coefficient (Wildman–Crippen LogP) is 0.946. The van der Waals surface area contributed by atoms with E-state index in [-0.39, 0.29) is 18.4 Å². The SMILES string of the molecule is O=C(NC1(C(=O)O)CCOC1)C1CCNc2ccccc21. The summed E-state index contributed by atoms with van der Waals surface area (Å²) < 4.78 is 5.17. The van der Waals surface area contributed by atoms with Gasteiger partial charge in [0.1, 0.15) is 0 Å². The molecule has 0 aliphatic carbocycles. The highest BCUT2D eigenvalue weighted by atomic mass is 16.5. The molecule has 0 spiro atoms. The predicted molar refractivity (Wildman–Crippen MR) is 76.2 cm³/mol. The summed E-state index contributed by atoms with van der Waals surface area (Å²) in [6.45, 7) is 1.09. The Hall–Kier alpha value is -2.08. The van der Waals surface area contributed by atoms with Crippen molar-refractivity contribution in [1.82, 2.24) is 5.32 Å². The van der Waals surface area contributed by atoms with Crippen LogP contribution < -0.4 is 10.6 Å². The Morgan fingerprint density at radius 3 is 2.90 bits per heavy atom. The Morgan fingerprint density at radius 2 is 2.19 bits per heavy atom. The van der Waals surface area contributed by atoms with Gasteiger partial charge < -0.3 is 20.5 Å². The number of carbonyl (C=O) groups excluding carboxylic acids is 1. The van der Waals surface area contributed by atoms with Gasteiger partial charge in [0, 0.05) is 25.3 Å². The molecule has 3 rings (SSSR count). The van der Waals surface area contributed by atoms with Crippen LogP contribution in [0.1, 0.15) is 24.3 Å². The molecule has 2 aliphatic heterocycles. The largest absolute Gasteiger partial charge is 0.479 e. The van der Waals surface area contributed by atoms with E-state index in [4.69, 9.17) is 4.74 Å². The summed E-state index contributed by atoms with van der Waals surface area (Å²) >= 11 is 0. The van der Waals surface area contributed by atoms with Gasteiger partial charge in [0.05, 0.1) is 12.5 Å². The van der Waals surface area contributed by atoms with E-state index in [0.29, 0.717) is 26.0 Å². The fourth-order valence-electron chi connectivity index (χ4n) is 2.95. The number of hydrogen-bond acceptors (Lipinski definition) is 4. The number of para-hydroxylation sites is 1. The zero-order valence-corrected chi connectivity index (χ0v) is 11.6. The van der Waals surface area contributed by atoms with Crippen molar-refractivity contribution in [3.05, 3.63) is 29.8 Å². The Bertz CT molecular complexity index is 567. The van der Waals surface area contributed by atoms with Crippen LogP contribution in [0.3, 0.4) is 0 Å². The molecule has 112 valence electrons. The normalized spacial score (nSPS) is 27.5. The third-order valence-corrected chi connectivity index (χ3v) is 4.19. The molecule has 1 saturated heterocycles. The zero-order valence-electron chi connectivity index (χ0n) is 11.6. The van der Waals surface area contributed by atoms with Gasteiger partial charge in [-0.25, -0.2) is 4.79 Å². The number of carbonyl (C=O) groups is 2. The van der Waals surface area contributed by atoms with Crippen LogP contribution in [0.15, 0.2) is 24.3 Å². The molecule has 21 heavy (non-hydrogen) atoms. The fraction of sp³-hybridized carbons (Fsp3) is 0.467. The van der Waals surface area contributed by atoms with Crippen LogP contribution in [-0.2, 0) is 14.3 Å². The van der Waals surface area contributed by atoms with Gasteiger partial charge in [0.25, 0.3) is 0 Å². The number of aliphatic carboxylic acids is 1. The lowest BCUT2D eigenvalue weighted by molar-refractivity contribution is -0.147. The van der Waals surface area contributed by atoms with Gasteiger partial charge in [-0.3, -0.25) is 4.79 Å². The van der Waals surface area contributed by atoms with Crippen molar-refractivity contribution in [2.75, 3.05) is 25.1 Å². The third-order valence-electron chi connectivity index (χ3n) is 4.19. The minimum Gasteiger partial charge on any atom is -0.479 e. The van der Waals surface area contributed by atoms with Gasteiger partial charge >= 0.3 is 5.97 Å². The molecule has 2 aliphatic rings. The lowest BCUT2D eigenvalue weighted by Crippen LogP contribution is -2.56. The molecule has 1 aromatic carbocycles. The topological polar surface area (TPSA) is 87.7 Å². The van der Waals surface area contributed by atoms with Crippen molar-refractivity contribution in [3.63, 3.8) is 0 Å². The number of fused-ring (bicyclic) bond motifs is 1. The molecule has 6 nitrogen and oxygen atoms in total. The number of amides is 1. The molecular weight excluding hydrogens is 272 g/mol. The highest BCUT2D eigenvalue weighted by molar-refractivity contribution is 5.92. The second kappa shape index (κ2) is 5.37. The lowest BCUT2D eigenvalue weighted by Gasteiger charge is -2.30. The summed E-state index contributed by atoms with van der Waals surface area (Å²) in [6.07, 6.45) is 0.958. The van der Waals surface area contributed by atoms with Gasteiger partial charge in [-0.2, -0.15) is 0 Å². The summed E-state index contributed by atoms with van der Waals surface area (Å²) in [7, 11) is 0. The van der Waals surface area contributed by atoms with Crippen LogP contribution in [-0.4, -0.2) is 42.3 Å². The van der Waals surface area contributed by atoms with E-state index in [1.807, 2.05) is 24.3 Å². The molecule has 2 unspecified atom stereocenters. The molecular formula is C15H18N2O4. The van der Waals surface area contributed by atoms with E-state index >= 15 is 0 Å². The maximum absolute atomic E-state index is 12.6. The van der Waals surface area contributed by atoms with E-state index in [9.17, 15) is 14.7 Å². The smallest absolute Gasteiger partial charge is 0.331 e. The highest BCUT2D eigenvalue weighted by Gasteiger charge is 2.45. The molecule has 6 heteroatoms. The van der Waals surface area contributed by atoms with Gasteiger partial charge in [0.15, 0.2) is 5.54 Å². The molecule has 0 saturated carbocycles. The third kappa shape index (κ3) is 2.47. The number of hydrogen-bond donors (Lipinski definition) is 3. The van der Waals surface area contributed by atoms with Gasteiger partial charge in [-0.1, -0.05) is 18.2 Å². The van der Waals surface area contributed by atoms with Crippen molar-refractivity contribution in [1.29, 1.82) is 0 Å². The van der Waals surface area contributed by atoms with Crippen molar-refractivity contribution in [2.45, 2.75) is 24.3 Å². The number of anilines is 1. The number of rotatable bonds is 3. The maximum Gasteiger partial charge on any atom is 0.331 e. The monoisotopic (exact) mass is 290 g/mol. The molecule has 3 N–H and O–H groups in total. The standard InChI is InChI=1S/C15H18N2O4/c18-13(17-15(14(19)20)6-8-21-9-15)11-5-7-16-12-4-2-1-3-10(11)12/h1-4,11,16H,5-9H2,(H,17,18)(H,19,20). The van der Waals surface area contributed by atoms with Crippen LogP contribution >= 0.6 is 0 Å². The van der Waals surface area contributed by atoms with Gasteiger partial charge in [-0.05, 0) is 18.1 Å². The number of benzene rings is 1. The summed E-state index contributed by atoms with van der Waals surface area (Å²) in [6, 6.07) is 7.64. The first-order valence-electron chi connectivity index (χ1n) is 7.08. The first-order chi connectivity index (χ1) is 10.1. The average Bonchev–Trinajstić information content (AvgIpc) is 2.96. The average molecular weight is 290 g/mol.